The highest BCUT2D eigenvalue weighted by molar-refractivity contribution is 5.41. The molecule has 2 rings (SSSR count). The van der Waals surface area contributed by atoms with Crippen molar-refractivity contribution in [2.75, 3.05) is 7.11 Å². The summed E-state index contributed by atoms with van der Waals surface area (Å²) in [5, 5.41) is 0. The van der Waals surface area contributed by atoms with Crippen LogP contribution in [0.25, 0.3) is 0 Å². The zero-order valence-electron chi connectivity index (χ0n) is 11.7. The Balaban J connectivity index is 2.38. The standard InChI is InChI=1S/C16H16F3NO/c1-15(20,13-4-3-5-14(10-13)21-2)11-6-8-12(9-7-11)16(17,18)19/h3-10H,20H2,1-2H3. The van der Waals surface area contributed by atoms with Gasteiger partial charge in [-0.2, -0.15) is 13.2 Å². The zero-order chi connectivity index (χ0) is 15.7. The van der Waals surface area contributed by atoms with Crippen LogP contribution < -0.4 is 10.5 Å². The van der Waals surface area contributed by atoms with E-state index in [0.29, 0.717) is 11.3 Å². The number of methoxy groups -OCH3 is 1. The number of nitrogens with two attached hydrogens (primary N) is 1. The van der Waals surface area contributed by atoms with Crippen LogP contribution in [0.15, 0.2) is 48.5 Å². The number of hydrogen-bond donors (Lipinski definition) is 1. The van der Waals surface area contributed by atoms with Gasteiger partial charge in [-0.15, -0.1) is 0 Å². The predicted octanol–water partition coefficient (Wildman–Crippen LogP) is 3.94. The molecule has 0 saturated carbocycles. The maximum atomic E-state index is 12.6. The molecule has 21 heavy (non-hydrogen) atoms. The van der Waals surface area contributed by atoms with Crippen molar-refractivity contribution >= 4 is 0 Å². The lowest BCUT2D eigenvalue weighted by atomic mass is 9.85. The minimum atomic E-state index is -4.35. The Hall–Kier alpha value is -2.01. The van der Waals surface area contributed by atoms with Gasteiger partial charge in [-0.05, 0) is 42.3 Å². The van der Waals surface area contributed by atoms with Gasteiger partial charge in [0.2, 0.25) is 0 Å². The van der Waals surface area contributed by atoms with Gasteiger partial charge in [-0.1, -0.05) is 24.3 Å². The van der Waals surface area contributed by atoms with E-state index in [9.17, 15) is 13.2 Å². The Morgan fingerprint density at radius 3 is 2.00 bits per heavy atom. The molecule has 0 bridgehead atoms. The summed E-state index contributed by atoms with van der Waals surface area (Å²) in [6.45, 7) is 1.75. The Kier molecular flexibility index (Phi) is 3.96. The first-order chi connectivity index (χ1) is 9.75. The van der Waals surface area contributed by atoms with Gasteiger partial charge in [0.25, 0.3) is 0 Å². The molecule has 0 radical (unpaired) electrons. The molecular formula is C16H16F3NO. The smallest absolute Gasteiger partial charge is 0.416 e. The van der Waals surface area contributed by atoms with Crippen molar-refractivity contribution in [3.8, 4) is 5.75 Å². The van der Waals surface area contributed by atoms with Gasteiger partial charge in [0, 0.05) is 0 Å². The maximum Gasteiger partial charge on any atom is 0.416 e. The highest BCUT2D eigenvalue weighted by Crippen LogP contribution is 2.33. The quantitative estimate of drug-likeness (QED) is 0.931. The maximum absolute atomic E-state index is 12.6. The molecule has 0 aliphatic heterocycles. The van der Waals surface area contributed by atoms with Crippen molar-refractivity contribution in [1.82, 2.24) is 0 Å². The van der Waals surface area contributed by atoms with E-state index in [1.165, 1.54) is 12.1 Å². The first kappa shape index (κ1) is 15.4. The molecule has 2 N–H and O–H groups in total. The fourth-order valence-corrected chi connectivity index (χ4v) is 2.12. The SMILES string of the molecule is COc1cccc(C(C)(N)c2ccc(C(F)(F)F)cc2)c1. The number of benzene rings is 2. The monoisotopic (exact) mass is 295 g/mol. The van der Waals surface area contributed by atoms with Gasteiger partial charge in [-0.3, -0.25) is 0 Å². The van der Waals surface area contributed by atoms with Crippen LogP contribution in [-0.4, -0.2) is 7.11 Å². The molecular weight excluding hydrogens is 279 g/mol. The number of alkyl halides is 3. The third-order valence-electron chi connectivity index (χ3n) is 3.48. The van der Waals surface area contributed by atoms with E-state index in [-0.39, 0.29) is 0 Å². The van der Waals surface area contributed by atoms with E-state index in [1.807, 2.05) is 6.07 Å². The summed E-state index contributed by atoms with van der Waals surface area (Å²) in [4.78, 5) is 0. The summed E-state index contributed by atoms with van der Waals surface area (Å²) < 4.78 is 42.9. The third-order valence-corrected chi connectivity index (χ3v) is 3.48. The van der Waals surface area contributed by atoms with Crippen molar-refractivity contribution < 1.29 is 17.9 Å². The zero-order valence-corrected chi connectivity index (χ0v) is 11.7. The Labute approximate surface area is 121 Å². The first-order valence-corrected chi connectivity index (χ1v) is 6.36. The van der Waals surface area contributed by atoms with E-state index in [0.717, 1.165) is 17.7 Å². The predicted molar refractivity (Wildman–Crippen MR) is 75.1 cm³/mol. The van der Waals surface area contributed by atoms with Crippen LogP contribution in [0.2, 0.25) is 0 Å². The second-order valence-corrected chi connectivity index (χ2v) is 5.01. The minimum absolute atomic E-state index is 0.601. The lowest BCUT2D eigenvalue weighted by Crippen LogP contribution is -2.34. The third kappa shape index (κ3) is 3.19. The topological polar surface area (TPSA) is 35.2 Å². The van der Waals surface area contributed by atoms with Crippen LogP contribution in [0.4, 0.5) is 13.2 Å². The molecule has 5 heteroatoms. The van der Waals surface area contributed by atoms with Gasteiger partial charge in [0.05, 0.1) is 18.2 Å². The van der Waals surface area contributed by atoms with Gasteiger partial charge >= 0.3 is 6.18 Å². The second kappa shape index (κ2) is 5.41. The Morgan fingerprint density at radius 1 is 0.905 bits per heavy atom. The van der Waals surface area contributed by atoms with Crippen LogP contribution in [0.3, 0.4) is 0 Å². The lowest BCUT2D eigenvalue weighted by molar-refractivity contribution is -0.137. The highest BCUT2D eigenvalue weighted by atomic mass is 19.4. The van der Waals surface area contributed by atoms with E-state index in [1.54, 1.807) is 32.2 Å². The molecule has 0 spiro atoms. The molecule has 0 fully saturated rings. The van der Waals surface area contributed by atoms with Crippen molar-refractivity contribution in [3.63, 3.8) is 0 Å². The van der Waals surface area contributed by atoms with E-state index >= 15 is 0 Å². The van der Waals surface area contributed by atoms with Gasteiger partial charge in [0.1, 0.15) is 5.75 Å². The Morgan fingerprint density at radius 2 is 1.48 bits per heavy atom. The van der Waals surface area contributed by atoms with Gasteiger partial charge in [-0.25, -0.2) is 0 Å². The molecule has 2 aromatic carbocycles. The fraction of sp³-hybridized carbons (Fsp3) is 0.250. The molecule has 1 unspecified atom stereocenters. The van der Waals surface area contributed by atoms with Gasteiger partial charge in [0.15, 0.2) is 0 Å². The molecule has 0 heterocycles. The van der Waals surface area contributed by atoms with Crippen LogP contribution >= 0.6 is 0 Å². The highest BCUT2D eigenvalue weighted by Gasteiger charge is 2.31. The molecule has 2 aromatic rings. The second-order valence-electron chi connectivity index (χ2n) is 5.01. The van der Waals surface area contributed by atoms with Crippen LogP contribution in [0.1, 0.15) is 23.6 Å². The number of ether oxygens (including phenoxy) is 1. The molecule has 1 atom stereocenters. The summed E-state index contributed by atoms with van der Waals surface area (Å²) in [6.07, 6.45) is -4.35. The number of rotatable bonds is 3. The van der Waals surface area contributed by atoms with Crippen molar-refractivity contribution in [2.24, 2.45) is 5.73 Å². The number of halogens is 3. The summed E-state index contributed by atoms with van der Waals surface area (Å²) >= 11 is 0. The van der Waals surface area contributed by atoms with Crippen LogP contribution in [0.5, 0.6) is 5.75 Å². The average Bonchev–Trinajstić information content (AvgIpc) is 2.46. The molecule has 0 amide bonds. The lowest BCUT2D eigenvalue weighted by Gasteiger charge is -2.26. The van der Waals surface area contributed by atoms with Crippen molar-refractivity contribution in [2.45, 2.75) is 18.6 Å². The van der Waals surface area contributed by atoms with Crippen LogP contribution in [-0.2, 0) is 11.7 Å². The first-order valence-electron chi connectivity index (χ1n) is 6.36. The average molecular weight is 295 g/mol. The molecule has 2 nitrogen and oxygen atoms in total. The Bertz CT molecular complexity index is 618. The molecule has 0 aliphatic carbocycles. The van der Waals surface area contributed by atoms with E-state index < -0.39 is 17.3 Å². The normalized spacial score (nSPS) is 14.6. The minimum Gasteiger partial charge on any atom is -0.497 e. The van der Waals surface area contributed by atoms with Crippen LogP contribution in [0, 0.1) is 0 Å². The number of hydrogen-bond acceptors (Lipinski definition) is 2. The van der Waals surface area contributed by atoms with E-state index in [2.05, 4.69) is 0 Å². The molecule has 0 saturated heterocycles. The summed E-state index contributed by atoms with van der Waals surface area (Å²) in [6, 6.07) is 12.1. The summed E-state index contributed by atoms with van der Waals surface area (Å²) in [5.41, 5.74) is 6.08. The largest absolute Gasteiger partial charge is 0.497 e. The fourth-order valence-electron chi connectivity index (χ4n) is 2.12. The van der Waals surface area contributed by atoms with Crippen molar-refractivity contribution in [1.29, 1.82) is 0 Å². The molecule has 0 aliphatic rings. The summed E-state index contributed by atoms with van der Waals surface area (Å²) in [7, 11) is 1.55. The molecule has 112 valence electrons. The summed E-state index contributed by atoms with van der Waals surface area (Å²) in [5.74, 6) is 0.649. The van der Waals surface area contributed by atoms with E-state index in [4.69, 9.17) is 10.5 Å². The van der Waals surface area contributed by atoms with Crippen molar-refractivity contribution in [3.05, 3.63) is 65.2 Å². The van der Waals surface area contributed by atoms with Gasteiger partial charge < -0.3 is 10.5 Å². The molecule has 0 aromatic heterocycles.